The maximum absolute atomic E-state index is 12.9. The highest BCUT2D eigenvalue weighted by atomic mass is 35.5. The van der Waals surface area contributed by atoms with Crippen LogP contribution in [0.4, 0.5) is 13.2 Å². The van der Waals surface area contributed by atoms with Crippen molar-refractivity contribution in [2.24, 2.45) is 0 Å². The molecule has 3 aromatic heterocycles. The van der Waals surface area contributed by atoms with Crippen molar-refractivity contribution in [3.8, 4) is 28.2 Å². The first-order valence-corrected chi connectivity index (χ1v) is 9.73. The van der Waals surface area contributed by atoms with Gasteiger partial charge in [0.25, 0.3) is 0 Å². The highest BCUT2D eigenvalue weighted by Gasteiger charge is 2.30. The van der Waals surface area contributed by atoms with Crippen LogP contribution in [-0.4, -0.2) is 19.2 Å². The first-order valence-electron chi connectivity index (χ1n) is 9.35. The Hall–Kier alpha value is -3.58. The molecule has 8 heteroatoms. The second-order valence-electron chi connectivity index (χ2n) is 6.97. The molecule has 0 saturated heterocycles. The minimum Gasteiger partial charge on any atom is -0.299 e. The molecule has 3 heterocycles. The van der Waals surface area contributed by atoms with Gasteiger partial charge in [-0.2, -0.15) is 18.3 Å². The molecule has 31 heavy (non-hydrogen) atoms. The molecule has 0 amide bonds. The second kappa shape index (κ2) is 7.28. The number of hydrogen-bond acceptors (Lipinski definition) is 2. The number of rotatable bonds is 3. The summed E-state index contributed by atoms with van der Waals surface area (Å²) >= 11 is 5.99. The first kappa shape index (κ1) is 19.4. The highest BCUT2D eigenvalue weighted by molar-refractivity contribution is 6.30. The van der Waals surface area contributed by atoms with Gasteiger partial charge in [-0.3, -0.25) is 4.40 Å². The lowest BCUT2D eigenvalue weighted by Gasteiger charge is -2.10. The van der Waals surface area contributed by atoms with Gasteiger partial charge in [0, 0.05) is 22.3 Å². The summed E-state index contributed by atoms with van der Waals surface area (Å²) in [7, 11) is 0. The average Bonchev–Trinajstić information content (AvgIpc) is 3.40. The van der Waals surface area contributed by atoms with Gasteiger partial charge in [0.15, 0.2) is 0 Å². The Balaban J connectivity index is 1.58. The van der Waals surface area contributed by atoms with E-state index in [-0.39, 0.29) is 0 Å². The van der Waals surface area contributed by atoms with E-state index in [4.69, 9.17) is 11.6 Å². The van der Waals surface area contributed by atoms with Crippen LogP contribution in [0.15, 0.2) is 85.3 Å². The minimum atomic E-state index is -4.37. The molecular formula is C23H14ClF3N4. The summed E-state index contributed by atoms with van der Waals surface area (Å²) in [6.45, 7) is 0. The molecule has 0 bridgehead atoms. The van der Waals surface area contributed by atoms with E-state index >= 15 is 0 Å². The van der Waals surface area contributed by atoms with Crippen LogP contribution in [0, 0.1) is 0 Å². The third kappa shape index (κ3) is 3.57. The molecule has 4 nitrogen and oxygen atoms in total. The summed E-state index contributed by atoms with van der Waals surface area (Å²) in [5, 5.41) is 5.05. The van der Waals surface area contributed by atoms with Gasteiger partial charge in [0.1, 0.15) is 5.65 Å². The van der Waals surface area contributed by atoms with Crippen molar-refractivity contribution in [3.63, 3.8) is 0 Å². The van der Waals surface area contributed by atoms with E-state index in [1.165, 1.54) is 12.1 Å². The molecule has 0 aliphatic rings. The Bertz CT molecular complexity index is 1370. The molecule has 0 unspecified atom stereocenters. The SMILES string of the molecule is FC(F)(F)c1ccc(-c2cnc3ccc(-c4ccnn4-c4ccc(Cl)cc4)cn23)cc1. The molecule has 5 rings (SSSR count). The number of alkyl halides is 3. The standard InChI is InChI=1S/C23H14ClF3N4/c24-18-6-8-19(9-7-18)31-20(11-12-29-31)16-3-10-22-28-13-21(30(22)14-16)15-1-4-17(5-2-15)23(25,26)27/h1-14H. The zero-order chi connectivity index (χ0) is 21.6. The van der Waals surface area contributed by atoms with Crippen LogP contribution >= 0.6 is 11.6 Å². The van der Waals surface area contributed by atoms with E-state index in [1.807, 2.05) is 40.9 Å². The summed E-state index contributed by atoms with van der Waals surface area (Å²) in [5.74, 6) is 0. The topological polar surface area (TPSA) is 35.1 Å². The summed E-state index contributed by atoms with van der Waals surface area (Å²) < 4.78 is 42.3. The van der Waals surface area contributed by atoms with Gasteiger partial charge in [-0.05, 0) is 54.6 Å². The van der Waals surface area contributed by atoms with Crippen LogP contribution in [0.1, 0.15) is 5.56 Å². The van der Waals surface area contributed by atoms with Gasteiger partial charge >= 0.3 is 6.18 Å². The van der Waals surface area contributed by atoms with E-state index < -0.39 is 11.7 Å². The van der Waals surface area contributed by atoms with Crippen molar-refractivity contribution in [3.05, 3.63) is 95.9 Å². The zero-order valence-corrected chi connectivity index (χ0v) is 16.6. The van der Waals surface area contributed by atoms with E-state index in [9.17, 15) is 13.2 Å². The molecule has 154 valence electrons. The number of benzene rings is 2. The largest absolute Gasteiger partial charge is 0.416 e. The molecule has 0 saturated carbocycles. The normalized spacial score (nSPS) is 11.9. The fraction of sp³-hybridized carbons (Fsp3) is 0.0435. The van der Waals surface area contributed by atoms with Crippen molar-refractivity contribution < 1.29 is 13.2 Å². The molecule has 0 spiro atoms. The van der Waals surface area contributed by atoms with Crippen LogP contribution in [0.25, 0.3) is 33.8 Å². The predicted octanol–water partition coefficient (Wildman–Crippen LogP) is 6.53. The lowest BCUT2D eigenvalue weighted by Crippen LogP contribution is -2.04. The Morgan fingerprint density at radius 3 is 2.19 bits per heavy atom. The molecule has 0 fully saturated rings. The van der Waals surface area contributed by atoms with Crippen LogP contribution < -0.4 is 0 Å². The van der Waals surface area contributed by atoms with Crippen LogP contribution in [0.5, 0.6) is 0 Å². The van der Waals surface area contributed by atoms with Crippen molar-refractivity contribution in [2.75, 3.05) is 0 Å². The Morgan fingerprint density at radius 2 is 1.48 bits per heavy atom. The molecule has 0 aliphatic heterocycles. The van der Waals surface area contributed by atoms with Gasteiger partial charge < -0.3 is 0 Å². The quantitative estimate of drug-likeness (QED) is 0.321. The Morgan fingerprint density at radius 1 is 0.774 bits per heavy atom. The lowest BCUT2D eigenvalue weighted by molar-refractivity contribution is -0.137. The smallest absolute Gasteiger partial charge is 0.299 e. The molecule has 0 radical (unpaired) electrons. The second-order valence-corrected chi connectivity index (χ2v) is 7.41. The number of fused-ring (bicyclic) bond motifs is 1. The third-order valence-corrected chi connectivity index (χ3v) is 5.28. The Kier molecular flexibility index (Phi) is 4.55. The van der Waals surface area contributed by atoms with Crippen molar-refractivity contribution in [2.45, 2.75) is 6.18 Å². The van der Waals surface area contributed by atoms with Gasteiger partial charge in [-0.15, -0.1) is 0 Å². The number of aromatic nitrogens is 4. The Labute approximate surface area is 180 Å². The number of nitrogens with zero attached hydrogens (tertiary/aromatic N) is 4. The van der Waals surface area contributed by atoms with Crippen LogP contribution in [0.2, 0.25) is 5.02 Å². The number of halogens is 4. The van der Waals surface area contributed by atoms with Gasteiger partial charge in [-0.25, -0.2) is 9.67 Å². The number of imidazole rings is 1. The highest BCUT2D eigenvalue weighted by Crippen LogP contribution is 2.32. The van der Waals surface area contributed by atoms with Crippen LogP contribution in [0.3, 0.4) is 0 Å². The van der Waals surface area contributed by atoms with Gasteiger partial charge in [0.2, 0.25) is 0 Å². The summed E-state index contributed by atoms with van der Waals surface area (Å²) in [5.41, 5.74) is 3.95. The van der Waals surface area contributed by atoms with E-state index in [0.29, 0.717) is 21.9 Å². The van der Waals surface area contributed by atoms with Crippen LogP contribution in [-0.2, 0) is 6.18 Å². The van der Waals surface area contributed by atoms with Gasteiger partial charge in [-0.1, -0.05) is 23.7 Å². The third-order valence-electron chi connectivity index (χ3n) is 5.02. The monoisotopic (exact) mass is 438 g/mol. The number of pyridine rings is 1. The fourth-order valence-electron chi connectivity index (χ4n) is 3.49. The molecule has 0 N–H and O–H groups in total. The summed E-state index contributed by atoms with van der Waals surface area (Å²) in [6.07, 6.45) is 0.890. The fourth-order valence-corrected chi connectivity index (χ4v) is 3.61. The lowest BCUT2D eigenvalue weighted by atomic mass is 10.1. The maximum Gasteiger partial charge on any atom is 0.416 e. The minimum absolute atomic E-state index is 0.637. The molecule has 2 aromatic carbocycles. The molecule has 0 atom stereocenters. The van der Waals surface area contributed by atoms with E-state index in [1.54, 1.807) is 29.2 Å². The van der Waals surface area contributed by atoms with Crippen molar-refractivity contribution in [1.82, 2.24) is 19.2 Å². The van der Waals surface area contributed by atoms with Crippen molar-refractivity contribution >= 4 is 17.2 Å². The molecule has 5 aromatic rings. The average molecular weight is 439 g/mol. The maximum atomic E-state index is 12.9. The predicted molar refractivity (Wildman–Crippen MR) is 113 cm³/mol. The number of hydrogen-bond donors (Lipinski definition) is 0. The van der Waals surface area contributed by atoms with E-state index in [0.717, 1.165) is 29.1 Å². The first-order chi connectivity index (χ1) is 14.9. The zero-order valence-electron chi connectivity index (χ0n) is 15.9. The summed E-state index contributed by atoms with van der Waals surface area (Å²) in [4.78, 5) is 4.38. The van der Waals surface area contributed by atoms with Crippen molar-refractivity contribution in [1.29, 1.82) is 0 Å². The van der Waals surface area contributed by atoms with E-state index in [2.05, 4.69) is 10.1 Å². The molecule has 0 aliphatic carbocycles. The summed E-state index contributed by atoms with van der Waals surface area (Å²) in [6, 6.07) is 18.1. The molecular weight excluding hydrogens is 425 g/mol. The van der Waals surface area contributed by atoms with Gasteiger partial charge in [0.05, 0.1) is 35.0 Å².